The van der Waals surface area contributed by atoms with Crippen molar-refractivity contribution in [3.8, 4) is 11.5 Å². The lowest BCUT2D eigenvalue weighted by atomic mass is 10.0. The molecule has 43 heavy (non-hydrogen) atoms. The highest BCUT2D eigenvalue weighted by Crippen LogP contribution is 2.34. The van der Waals surface area contributed by atoms with Crippen molar-refractivity contribution in [1.82, 2.24) is 14.3 Å². The Kier molecular flexibility index (Phi) is 11.9. The highest BCUT2D eigenvalue weighted by atomic mass is 35.5. The molecule has 0 aliphatic carbocycles. The summed E-state index contributed by atoms with van der Waals surface area (Å²) in [7, 11) is -3.59. The zero-order valence-electron chi connectivity index (χ0n) is 23.0. The fourth-order valence-electron chi connectivity index (χ4n) is 4.10. The van der Waals surface area contributed by atoms with Crippen LogP contribution in [0.1, 0.15) is 31.2 Å². The quantitative estimate of drug-likeness (QED) is 0.173. The maximum Gasteiger partial charge on any atom is 0.260 e. The van der Waals surface area contributed by atoms with Crippen LogP contribution in [0.5, 0.6) is 11.5 Å². The molecule has 0 N–H and O–H groups in total. The van der Waals surface area contributed by atoms with Crippen molar-refractivity contribution in [3.05, 3.63) is 110 Å². The summed E-state index contributed by atoms with van der Waals surface area (Å²) in [6.45, 7) is 3.38. The van der Waals surface area contributed by atoms with Gasteiger partial charge in [-0.15, -0.1) is 0 Å². The normalized spacial score (nSPS) is 14.1. The number of piperidine rings is 1. The van der Waals surface area contributed by atoms with E-state index in [2.05, 4.69) is 16.9 Å². The minimum atomic E-state index is -3.59. The lowest BCUT2D eigenvalue weighted by molar-refractivity contribution is 0.286. The molecule has 3 heterocycles. The van der Waals surface area contributed by atoms with Crippen molar-refractivity contribution in [2.45, 2.75) is 38.0 Å². The lowest BCUT2D eigenvalue weighted by Crippen LogP contribution is -2.38. The molecule has 1 aliphatic rings. The van der Waals surface area contributed by atoms with Gasteiger partial charge in [-0.1, -0.05) is 77.6 Å². The molecule has 0 spiro atoms. The number of hydrogen-bond acceptors (Lipinski definition) is 6. The van der Waals surface area contributed by atoms with E-state index in [9.17, 15) is 12.8 Å². The van der Waals surface area contributed by atoms with Gasteiger partial charge in [-0.25, -0.2) is 18.4 Å². The number of halogens is 5. The second-order valence-corrected chi connectivity index (χ2v) is 13.2. The molecule has 0 atom stereocenters. The summed E-state index contributed by atoms with van der Waals surface area (Å²) >= 11 is 24.0. The van der Waals surface area contributed by atoms with Crippen LogP contribution in [0.25, 0.3) is 0 Å². The second kappa shape index (κ2) is 15.4. The summed E-state index contributed by atoms with van der Waals surface area (Å²) < 4.78 is 51.0. The molecule has 5 rings (SSSR count). The Morgan fingerprint density at radius 3 is 1.67 bits per heavy atom. The third-order valence-electron chi connectivity index (χ3n) is 6.47. The van der Waals surface area contributed by atoms with Crippen LogP contribution in [-0.4, -0.2) is 35.8 Å². The van der Waals surface area contributed by atoms with E-state index in [0.717, 1.165) is 12.8 Å². The number of rotatable bonds is 8. The number of sulfonamides is 1. The molecule has 0 bridgehead atoms. The van der Waals surface area contributed by atoms with Crippen LogP contribution in [0.4, 0.5) is 4.39 Å². The maximum atomic E-state index is 12.8. The average Bonchev–Trinajstić information content (AvgIpc) is 2.97. The van der Waals surface area contributed by atoms with E-state index in [1.165, 1.54) is 16.4 Å². The van der Waals surface area contributed by atoms with Crippen LogP contribution in [0.2, 0.25) is 20.1 Å². The fraction of sp³-hybridized carbons (Fsp3) is 0.267. The molecule has 0 amide bonds. The topological polar surface area (TPSA) is 81.6 Å². The Morgan fingerprint density at radius 2 is 1.19 bits per heavy atom. The highest BCUT2D eigenvalue weighted by molar-refractivity contribution is 7.89. The predicted octanol–water partition coefficient (Wildman–Crippen LogP) is 8.49. The number of para-hydroxylation sites is 2. The fourth-order valence-corrected chi connectivity index (χ4v) is 6.56. The molecular weight excluding hydrogens is 659 g/mol. The Balaban J connectivity index is 0.000000215. The van der Waals surface area contributed by atoms with E-state index in [0.29, 0.717) is 62.0 Å². The number of aromatic nitrogens is 2. The molecule has 7 nitrogen and oxygen atoms in total. The van der Waals surface area contributed by atoms with Gasteiger partial charge in [0.2, 0.25) is 5.95 Å². The molecule has 4 aromatic rings. The number of ether oxygens (including phenoxy) is 2. The Morgan fingerprint density at radius 1 is 0.744 bits per heavy atom. The zero-order valence-corrected chi connectivity index (χ0v) is 26.9. The molecule has 1 fully saturated rings. The van der Waals surface area contributed by atoms with Crippen molar-refractivity contribution in [2.24, 2.45) is 5.92 Å². The maximum absolute atomic E-state index is 12.8. The molecule has 0 radical (unpaired) electrons. The van der Waals surface area contributed by atoms with E-state index >= 15 is 0 Å². The van der Waals surface area contributed by atoms with Crippen molar-refractivity contribution in [2.75, 3.05) is 13.1 Å². The van der Waals surface area contributed by atoms with Crippen LogP contribution in [0.15, 0.2) is 77.8 Å². The Bertz CT molecular complexity index is 1610. The van der Waals surface area contributed by atoms with E-state index in [4.69, 9.17) is 55.9 Å². The van der Waals surface area contributed by atoms with E-state index in [1.807, 2.05) is 0 Å². The minimum Gasteiger partial charge on any atom is -0.484 e. The van der Waals surface area contributed by atoms with Gasteiger partial charge in [-0.05, 0) is 67.3 Å². The zero-order chi connectivity index (χ0) is 31.0. The molecule has 228 valence electrons. The van der Waals surface area contributed by atoms with Gasteiger partial charge in [0.05, 0.1) is 31.5 Å². The van der Waals surface area contributed by atoms with Crippen molar-refractivity contribution in [3.63, 3.8) is 0 Å². The molecule has 13 heteroatoms. The van der Waals surface area contributed by atoms with Crippen molar-refractivity contribution in [1.29, 1.82) is 0 Å². The van der Waals surface area contributed by atoms with Gasteiger partial charge in [0, 0.05) is 13.1 Å². The lowest BCUT2D eigenvalue weighted by Gasteiger charge is -2.29. The molecule has 0 unspecified atom stereocenters. The van der Waals surface area contributed by atoms with Gasteiger partial charge < -0.3 is 9.47 Å². The third-order valence-corrected chi connectivity index (χ3v) is 9.46. The van der Waals surface area contributed by atoms with Crippen LogP contribution >= 0.6 is 46.4 Å². The molecule has 0 saturated carbocycles. The number of nitrogens with zero attached hydrogens (tertiary/aromatic N) is 3. The van der Waals surface area contributed by atoms with E-state index in [-0.39, 0.29) is 18.2 Å². The summed E-state index contributed by atoms with van der Waals surface area (Å²) in [5.41, 5.74) is 0.966. The smallest absolute Gasteiger partial charge is 0.260 e. The molecule has 2 aromatic carbocycles. The van der Waals surface area contributed by atoms with Crippen LogP contribution in [0.3, 0.4) is 0 Å². The first-order chi connectivity index (χ1) is 20.5. The van der Waals surface area contributed by atoms with Crippen LogP contribution in [-0.2, 0) is 23.2 Å². The minimum absolute atomic E-state index is 0.0402. The van der Waals surface area contributed by atoms with Crippen molar-refractivity contribution >= 4 is 56.4 Å². The number of pyridine rings is 2. The Hall–Kier alpha value is -2.66. The molecule has 1 saturated heterocycles. The van der Waals surface area contributed by atoms with Gasteiger partial charge in [0.25, 0.3) is 10.0 Å². The van der Waals surface area contributed by atoms with Gasteiger partial charge >= 0.3 is 0 Å². The third kappa shape index (κ3) is 9.17. The SMILES string of the molecule is CC1CCN(S(=O)(=O)c2cccc(COc3c(Cl)cccc3Cl)n2)CC1.Fc1cccc(COc2c(Cl)cccc2Cl)n1. The largest absolute Gasteiger partial charge is 0.484 e. The summed E-state index contributed by atoms with van der Waals surface area (Å²) in [5, 5.41) is 1.65. The van der Waals surface area contributed by atoms with Crippen LogP contribution < -0.4 is 9.47 Å². The first kappa shape index (κ1) is 33.2. The van der Waals surface area contributed by atoms with Crippen LogP contribution in [0, 0.1) is 11.9 Å². The van der Waals surface area contributed by atoms with E-state index < -0.39 is 16.0 Å². The Labute approximate surface area is 270 Å². The van der Waals surface area contributed by atoms with Gasteiger partial charge in [0.1, 0.15) is 13.2 Å². The average molecular weight is 687 g/mol. The number of hydrogen-bond donors (Lipinski definition) is 0. The second-order valence-electron chi connectivity index (χ2n) is 9.68. The highest BCUT2D eigenvalue weighted by Gasteiger charge is 2.29. The van der Waals surface area contributed by atoms with E-state index in [1.54, 1.807) is 60.7 Å². The first-order valence-electron chi connectivity index (χ1n) is 13.3. The monoisotopic (exact) mass is 685 g/mol. The number of benzene rings is 2. The summed E-state index contributed by atoms with van der Waals surface area (Å²) in [6, 6.07) is 19.5. The van der Waals surface area contributed by atoms with Gasteiger partial charge in [-0.2, -0.15) is 8.70 Å². The summed E-state index contributed by atoms with van der Waals surface area (Å²) in [4.78, 5) is 7.94. The summed E-state index contributed by atoms with van der Waals surface area (Å²) in [6.07, 6.45) is 1.74. The van der Waals surface area contributed by atoms with Crippen molar-refractivity contribution < 1.29 is 22.3 Å². The molecular formula is C30H28Cl4FN3O4S. The summed E-state index contributed by atoms with van der Waals surface area (Å²) in [5.74, 6) is 0.740. The predicted molar refractivity (Wildman–Crippen MR) is 167 cm³/mol. The molecule has 2 aromatic heterocycles. The van der Waals surface area contributed by atoms with Gasteiger partial charge in [0.15, 0.2) is 16.5 Å². The molecule has 1 aliphatic heterocycles. The standard InChI is InChI=1S/C18H20Cl2N2O3S.C12H8Cl2FNO/c1-13-8-10-22(11-9-13)26(23,24)17-7-2-4-14(21-17)12-25-18-15(19)5-3-6-16(18)20;13-9-4-2-5-10(14)12(9)17-7-8-3-1-6-11(15)16-8/h2-7,13H,8-12H2,1H3;1-6H,7H2. The first-order valence-corrected chi connectivity index (χ1v) is 16.2. The van der Waals surface area contributed by atoms with Gasteiger partial charge in [-0.3, -0.25) is 0 Å².